The van der Waals surface area contributed by atoms with Crippen LogP contribution in [-0.2, 0) is 25.5 Å². The molecule has 4 rings (SSSR count). The fourth-order valence-electron chi connectivity index (χ4n) is 6.18. The summed E-state index contributed by atoms with van der Waals surface area (Å²) in [6.07, 6.45) is 5.52. The standard InChI is InChI=1S/C28H42N4O4/c1-5-36-25-16-20-13-14-24(27(34)30-22-12-8-10-19-9-6-7-11-21(19)22)32(20)28(35)23(15-17(25)2)31-26(33)18(3)29-4/h6-7,9,11,17-18,20,22-25,29H,5,8,10,12-16H2,1-4H3,(H,30,34)(H,31,33)/t17-,18+,20-,22-,23+,24+,25-/m1/s1. The predicted molar refractivity (Wildman–Crippen MR) is 138 cm³/mol. The van der Waals surface area contributed by atoms with Gasteiger partial charge in [0.15, 0.2) is 0 Å². The van der Waals surface area contributed by atoms with Crippen LogP contribution in [0, 0.1) is 5.92 Å². The van der Waals surface area contributed by atoms with Gasteiger partial charge in [0.25, 0.3) is 0 Å². The number of nitrogens with zero attached hydrogens (tertiary/aromatic N) is 1. The van der Waals surface area contributed by atoms with E-state index in [2.05, 4.69) is 35.0 Å². The Kier molecular flexibility index (Phi) is 8.67. The Labute approximate surface area is 214 Å². The van der Waals surface area contributed by atoms with Crippen LogP contribution in [0.2, 0.25) is 0 Å². The number of rotatable bonds is 7. The average Bonchev–Trinajstić information content (AvgIpc) is 3.30. The van der Waals surface area contributed by atoms with Gasteiger partial charge in [-0.05, 0) is 82.9 Å². The van der Waals surface area contributed by atoms with Gasteiger partial charge in [0.1, 0.15) is 12.1 Å². The number of carbonyl (C=O) groups excluding carboxylic acids is 3. The second kappa shape index (κ2) is 11.7. The maximum atomic E-state index is 13.9. The lowest BCUT2D eigenvalue weighted by Gasteiger charge is -2.40. The smallest absolute Gasteiger partial charge is 0.246 e. The molecule has 2 fully saturated rings. The zero-order valence-electron chi connectivity index (χ0n) is 22.1. The number of benzene rings is 1. The lowest BCUT2D eigenvalue weighted by atomic mass is 9.87. The number of fused-ring (bicyclic) bond motifs is 2. The molecular weight excluding hydrogens is 456 g/mol. The molecule has 8 nitrogen and oxygen atoms in total. The van der Waals surface area contributed by atoms with Crippen molar-refractivity contribution < 1.29 is 19.1 Å². The summed E-state index contributed by atoms with van der Waals surface area (Å²) in [5.74, 6) is -0.354. The highest BCUT2D eigenvalue weighted by Gasteiger charge is 2.47. The minimum absolute atomic E-state index is 0.0243. The molecule has 1 aliphatic carbocycles. The minimum atomic E-state index is -0.683. The fourth-order valence-corrected chi connectivity index (χ4v) is 6.18. The van der Waals surface area contributed by atoms with Crippen molar-refractivity contribution in [3.8, 4) is 0 Å². The van der Waals surface area contributed by atoms with Crippen molar-refractivity contribution in [3.05, 3.63) is 35.4 Å². The van der Waals surface area contributed by atoms with E-state index in [9.17, 15) is 14.4 Å². The molecule has 0 radical (unpaired) electrons. The van der Waals surface area contributed by atoms with Gasteiger partial charge in [0.05, 0.1) is 18.2 Å². The Bertz CT molecular complexity index is 953. The molecule has 0 saturated carbocycles. The van der Waals surface area contributed by atoms with Gasteiger partial charge in [0, 0.05) is 12.6 Å². The number of nitrogens with one attached hydrogen (secondary N) is 3. The minimum Gasteiger partial charge on any atom is -0.378 e. The van der Waals surface area contributed by atoms with Crippen molar-refractivity contribution in [1.82, 2.24) is 20.9 Å². The normalized spacial score (nSPS) is 31.0. The van der Waals surface area contributed by atoms with E-state index < -0.39 is 18.1 Å². The Morgan fingerprint density at radius 3 is 2.64 bits per heavy atom. The van der Waals surface area contributed by atoms with Gasteiger partial charge in [-0.2, -0.15) is 0 Å². The van der Waals surface area contributed by atoms with Crippen LogP contribution in [0.15, 0.2) is 24.3 Å². The monoisotopic (exact) mass is 498 g/mol. The van der Waals surface area contributed by atoms with E-state index in [1.165, 1.54) is 11.1 Å². The van der Waals surface area contributed by atoms with Crippen LogP contribution in [0.25, 0.3) is 0 Å². The van der Waals surface area contributed by atoms with Crippen LogP contribution in [0.5, 0.6) is 0 Å². The summed E-state index contributed by atoms with van der Waals surface area (Å²) in [7, 11) is 1.72. The van der Waals surface area contributed by atoms with Gasteiger partial charge in [0.2, 0.25) is 17.7 Å². The first kappa shape index (κ1) is 26.6. The number of hydrogen-bond donors (Lipinski definition) is 3. The third-order valence-corrected chi connectivity index (χ3v) is 8.31. The first-order chi connectivity index (χ1) is 17.3. The van der Waals surface area contributed by atoms with E-state index in [-0.39, 0.29) is 41.8 Å². The molecule has 1 aromatic carbocycles. The summed E-state index contributed by atoms with van der Waals surface area (Å²) in [4.78, 5) is 42.1. The zero-order chi connectivity index (χ0) is 25.8. The molecule has 0 unspecified atom stereocenters. The Hall–Kier alpha value is -2.45. The van der Waals surface area contributed by atoms with E-state index in [0.717, 1.165) is 25.7 Å². The predicted octanol–water partition coefficient (Wildman–Crippen LogP) is 2.47. The second-order valence-electron chi connectivity index (χ2n) is 10.7. The average molecular weight is 499 g/mol. The number of ether oxygens (including phenoxy) is 1. The van der Waals surface area contributed by atoms with Crippen molar-refractivity contribution in [1.29, 1.82) is 0 Å². The largest absolute Gasteiger partial charge is 0.378 e. The summed E-state index contributed by atoms with van der Waals surface area (Å²) >= 11 is 0. The van der Waals surface area contributed by atoms with Crippen LogP contribution in [-0.4, -0.2) is 66.5 Å². The molecule has 0 aromatic heterocycles. The lowest BCUT2D eigenvalue weighted by Crippen LogP contribution is -2.59. The van der Waals surface area contributed by atoms with Crippen LogP contribution in [0.1, 0.15) is 76.5 Å². The molecule has 2 heterocycles. The SMILES string of the molecule is CCO[C@@H]1C[C@H]2CC[C@@H](C(=O)N[C@@H]3CCCc4ccccc43)N2C(=O)[C@@H](NC(=O)[C@H](C)NC)C[C@H]1C. The van der Waals surface area contributed by atoms with E-state index in [0.29, 0.717) is 25.9 Å². The highest BCUT2D eigenvalue weighted by atomic mass is 16.5. The highest BCUT2D eigenvalue weighted by Crippen LogP contribution is 2.35. The molecule has 2 aliphatic heterocycles. The molecular formula is C28H42N4O4. The highest BCUT2D eigenvalue weighted by molar-refractivity contribution is 5.94. The Morgan fingerprint density at radius 1 is 1.11 bits per heavy atom. The van der Waals surface area contributed by atoms with Crippen LogP contribution >= 0.6 is 0 Å². The van der Waals surface area contributed by atoms with E-state index in [4.69, 9.17) is 4.74 Å². The first-order valence-corrected chi connectivity index (χ1v) is 13.6. The maximum Gasteiger partial charge on any atom is 0.246 e. The van der Waals surface area contributed by atoms with E-state index in [1.807, 2.05) is 19.1 Å². The summed E-state index contributed by atoms with van der Waals surface area (Å²) in [5.41, 5.74) is 2.47. The fraction of sp³-hybridized carbons (Fsp3) is 0.679. The molecule has 0 spiro atoms. The molecule has 198 valence electrons. The Morgan fingerprint density at radius 2 is 1.89 bits per heavy atom. The third kappa shape index (κ3) is 5.59. The molecule has 8 heteroatoms. The van der Waals surface area contributed by atoms with E-state index >= 15 is 0 Å². The summed E-state index contributed by atoms with van der Waals surface area (Å²) in [6.45, 7) is 6.43. The molecule has 1 aromatic rings. The second-order valence-corrected chi connectivity index (χ2v) is 10.7. The molecule has 2 saturated heterocycles. The first-order valence-electron chi connectivity index (χ1n) is 13.6. The molecule has 0 bridgehead atoms. The number of aryl methyl sites for hydroxylation is 1. The van der Waals surface area contributed by atoms with Gasteiger partial charge >= 0.3 is 0 Å². The summed E-state index contributed by atoms with van der Waals surface area (Å²) in [5, 5.41) is 9.18. The van der Waals surface area contributed by atoms with Crippen molar-refractivity contribution >= 4 is 17.7 Å². The van der Waals surface area contributed by atoms with Crippen molar-refractivity contribution in [2.24, 2.45) is 5.92 Å². The van der Waals surface area contributed by atoms with Gasteiger partial charge in [-0.25, -0.2) is 0 Å². The van der Waals surface area contributed by atoms with Crippen LogP contribution in [0.4, 0.5) is 0 Å². The topological polar surface area (TPSA) is 99.8 Å². The summed E-state index contributed by atoms with van der Waals surface area (Å²) in [6, 6.07) is 6.55. The number of carbonyl (C=O) groups is 3. The third-order valence-electron chi connectivity index (χ3n) is 8.31. The van der Waals surface area contributed by atoms with Crippen LogP contribution < -0.4 is 16.0 Å². The molecule has 3 aliphatic rings. The van der Waals surface area contributed by atoms with Gasteiger partial charge in [-0.1, -0.05) is 31.2 Å². The molecule has 3 N–H and O–H groups in total. The van der Waals surface area contributed by atoms with E-state index in [1.54, 1.807) is 18.9 Å². The molecule has 3 amide bonds. The molecule has 7 atom stereocenters. The zero-order valence-corrected chi connectivity index (χ0v) is 22.1. The van der Waals surface area contributed by atoms with Gasteiger partial charge in [-0.3, -0.25) is 14.4 Å². The van der Waals surface area contributed by atoms with Crippen LogP contribution in [0.3, 0.4) is 0 Å². The van der Waals surface area contributed by atoms with Crippen molar-refractivity contribution in [3.63, 3.8) is 0 Å². The number of amides is 3. The Balaban J connectivity index is 1.56. The lowest BCUT2D eigenvalue weighted by molar-refractivity contribution is -0.147. The van der Waals surface area contributed by atoms with Gasteiger partial charge in [-0.15, -0.1) is 0 Å². The quantitative estimate of drug-likeness (QED) is 0.536. The van der Waals surface area contributed by atoms with Crippen molar-refractivity contribution in [2.45, 2.75) is 102 Å². The number of likely N-dealkylation sites (N-methyl/N-ethyl adjacent to an activating group) is 1. The van der Waals surface area contributed by atoms with Crippen molar-refractivity contribution in [2.75, 3.05) is 13.7 Å². The molecule has 36 heavy (non-hydrogen) atoms. The summed E-state index contributed by atoms with van der Waals surface area (Å²) < 4.78 is 6.09. The van der Waals surface area contributed by atoms with Gasteiger partial charge < -0.3 is 25.6 Å². The maximum absolute atomic E-state index is 13.9. The number of hydrogen-bond acceptors (Lipinski definition) is 5.